The highest BCUT2D eigenvalue weighted by Gasteiger charge is 2.50. The minimum absolute atomic E-state index is 0.117. The number of hydrogen-bond donors (Lipinski definition) is 0. The Bertz CT molecular complexity index is 4140. The van der Waals surface area contributed by atoms with Gasteiger partial charge in [-0.1, -0.05) is 143 Å². The van der Waals surface area contributed by atoms with Crippen molar-refractivity contribution in [3.8, 4) is 45.3 Å². The molecule has 0 bridgehead atoms. The third-order valence-corrected chi connectivity index (χ3v) is 18.8. The molecule has 0 radical (unpaired) electrons. The maximum Gasteiger partial charge on any atom is 0.150 e. The highest BCUT2D eigenvalue weighted by molar-refractivity contribution is 9.10. The van der Waals surface area contributed by atoms with Crippen molar-refractivity contribution in [2.24, 2.45) is 0 Å². The van der Waals surface area contributed by atoms with Gasteiger partial charge >= 0.3 is 0 Å². The molecule has 0 spiro atoms. The average molecular weight is 1280 g/mol. The van der Waals surface area contributed by atoms with Crippen LogP contribution in [0.4, 0.5) is 34.1 Å². The summed E-state index contributed by atoms with van der Waals surface area (Å²) in [5, 5.41) is 0. The Morgan fingerprint density at radius 1 is 0.364 bits per heavy atom. The maximum absolute atomic E-state index is 11.6. The summed E-state index contributed by atoms with van der Waals surface area (Å²) in [7, 11) is 0. The quantitative estimate of drug-likeness (QED) is 0.0709. The van der Waals surface area contributed by atoms with E-state index in [0.29, 0.717) is 22.6 Å². The second-order valence-corrected chi connectivity index (χ2v) is 25.2. The summed E-state index contributed by atoms with van der Waals surface area (Å²) in [5.41, 5.74) is 21.2. The van der Waals surface area contributed by atoms with Gasteiger partial charge < -0.3 is 19.3 Å². The number of unbranched alkanes of at least 4 members (excludes halogenated alkanes) is 2. The molecule has 0 aromatic heterocycles. The molecule has 11 aromatic carbocycles. The predicted octanol–water partition coefficient (Wildman–Crippen LogP) is 23.0. The lowest BCUT2D eigenvalue weighted by molar-refractivity contribution is 0.111. The SMILES string of the molecule is CCCCC1(CCCC)c2cc(Br)ccc2-c2cc3c(cc21)-c1ccc(Br)cc1C3(c1ccc(Oc2ccc(N(c3ccc(C)cc3)c3ccc(C=O)cc3)cc2)cc1)c1ccc(Oc2ccc(N(c3ccc(C)cc3)c3ccc(C=O)cc3)cc2)cc1. The van der Waals surface area contributed by atoms with Gasteiger partial charge in [0.1, 0.15) is 35.6 Å². The van der Waals surface area contributed by atoms with Crippen LogP contribution >= 0.6 is 31.9 Å². The molecule has 0 unspecified atom stereocenters. The summed E-state index contributed by atoms with van der Waals surface area (Å²) in [5.74, 6) is 2.86. The molecule has 0 aliphatic heterocycles. The number of ether oxygens (including phenoxy) is 2. The van der Waals surface area contributed by atoms with Gasteiger partial charge in [-0.25, -0.2) is 0 Å². The Labute approximate surface area is 533 Å². The van der Waals surface area contributed by atoms with Crippen LogP contribution in [0.2, 0.25) is 0 Å². The molecule has 0 atom stereocenters. The van der Waals surface area contributed by atoms with E-state index in [9.17, 15) is 9.59 Å². The van der Waals surface area contributed by atoms with E-state index in [4.69, 9.17) is 9.47 Å². The van der Waals surface area contributed by atoms with Gasteiger partial charge in [0, 0.05) is 59.6 Å². The van der Waals surface area contributed by atoms with Gasteiger partial charge in [-0.3, -0.25) is 9.59 Å². The van der Waals surface area contributed by atoms with Crippen LogP contribution in [0.25, 0.3) is 22.3 Å². The largest absolute Gasteiger partial charge is 0.457 e. The van der Waals surface area contributed by atoms with Gasteiger partial charge in [-0.2, -0.15) is 0 Å². The molecule has 0 saturated heterocycles. The highest BCUT2D eigenvalue weighted by Crippen LogP contribution is 2.62. The number of benzene rings is 11. The molecule has 0 N–H and O–H groups in total. The lowest BCUT2D eigenvalue weighted by Gasteiger charge is -2.35. The van der Waals surface area contributed by atoms with E-state index >= 15 is 0 Å². The van der Waals surface area contributed by atoms with Crippen molar-refractivity contribution in [1.29, 1.82) is 0 Å². The molecular formula is C80H66Br2N2O4. The van der Waals surface area contributed by atoms with E-state index in [1.165, 1.54) is 55.6 Å². The number of halogens is 2. The van der Waals surface area contributed by atoms with Crippen LogP contribution in [0.15, 0.2) is 252 Å². The summed E-state index contributed by atoms with van der Waals surface area (Å²) < 4.78 is 15.6. The third kappa shape index (κ3) is 10.8. The van der Waals surface area contributed by atoms with Crippen molar-refractivity contribution in [3.05, 3.63) is 307 Å². The molecule has 88 heavy (non-hydrogen) atoms. The normalized spacial score (nSPS) is 13.0. The van der Waals surface area contributed by atoms with Gasteiger partial charge in [0.05, 0.1) is 5.41 Å². The Hall–Kier alpha value is -9.08. The summed E-state index contributed by atoms with van der Waals surface area (Å²) in [6, 6.07) is 84.9. The zero-order valence-corrected chi connectivity index (χ0v) is 52.9. The summed E-state index contributed by atoms with van der Waals surface area (Å²) in [6.07, 6.45) is 8.47. The van der Waals surface area contributed by atoms with Crippen LogP contribution in [0.3, 0.4) is 0 Å². The number of anilines is 6. The maximum atomic E-state index is 11.6. The summed E-state index contributed by atoms with van der Waals surface area (Å²) in [6.45, 7) is 8.80. The van der Waals surface area contributed by atoms with Gasteiger partial charge in [-0.05, 0) is 264 Å². The highest BCUT2D eigenvalue weighted by atomic mass is 79.9. The van der Waals surface area contributed by atoms with E-state index in [2.05, 4.69) is 239 Å². The minimum atomic E-state index is -0.760. The van der Waals surface area contributed by atoms with Crippen molar-refractivity contribution < 1.29 is 19.1 Å². The fourth-order valence-corrected chi connectivity index (χ4v) is 14.2. The second-order valence-electron chi connectivity index (χ2n) is 23.4. The van der Waals surface area contributed by atoms with Gasteiger partial charge in [0.25, 0.3) is 0 Å². The summed E-state index contributed by atoms with van der Waals surface area (Å²) >= 11 is 7.91. The minimum Gasteiger partial charge on any atom is -0.457 e. The predicted molar refractivity (Wildman–Crippen MR) is 367 cm³/mol. The lowest BCUT2D eigenvalue weighted by Crippen LogP contribution is -2.29. The van der Waals surface area contributed by atoms with Crippen LogP contribution in [-0.4, -0.2) is 12.6 Å². The van der Waals surface area contributed by atoms with Gasteiger partial charge in [-0.15, -0.1) is 0 Å². The third-order valence-electron chi connectivity index (χ3n) is 17.8. The first-order valence-corrected chi connectivity index (χ1v) is 32.0. The van der Waals surface area contributed by atoms with Crippen molar-refractivity contribution in [2.45, 2.75) is 77.0 Å². The van der Waals surface area contributed by atoms with Crippen molar-refractivity contribution in [2.75, 3.05) is 9.80 Å². The molecule has 2 aliphatic carbocycles. The van der Waals surface area contributed by atoms with Crippen molar-refractivity contribution >= 4 is 78.6 Å². The van der Waals surface area contributed by atoms with E-state index in [-0.39, 0.29) is 5.41 Å². The van der Waals surface area contributed by atoms with Crippen molar-refractivity contribution in [3.63, 3.8) is 0 Å². The second kappa shape index (κ2) is 24.6. The van der Waals surface area contributed by atoms with Crippen LogP contribution in [-0.2, 0) is 10.8 Å². The molecule has 13 rings (SSSR count). The molecule has 0 heterocycles. The number of carbonyl (C=O) groups excluding carboxylic acids is 2. The van der Waals surface area contributed by atoms with E-state index in [0.717, 1.165) is 117 Å². The Kier molecular flexibility index (Phi) is 16.2. The Balaban J connectivity index is 0.895. The number of aldehydes is 2. The molecule has 2 aliphatic rings. The number of rotatable bonds is 20. The Morgan fingerprint density at radius 3 is 1.06 bits per heavy atom. The standard InChI is InChI=1S/C80H66Br2N2O4/c1-5-7-45-79(46-8-6-2)75-47-59(81)21-43-71(75)73-50-78-74(49-76(73)79)72-44-22-60(82)48-77(72)80(78,57-17-35-67(36-18-57)87-69-39-31-65(32-40-69)83(61-23-9-53(3)10-24-61)63-27-13-55(51-85)14-28-63)58-19-37-68(38-20-58)88-70-41-33-66(34-42-70)84(62-25-11-54(4)12-26-62)64-29-15-56(52-86)16-30-64/h9-44,47-52H,5-8,45-46H2,1-4H3. The first kappa shape index (κ1) is 58.0. The fraction of sp³-hybridized carbons (Fsp3) is 0.150. The average Bonchev–Trinajstić information content (AvgIpc) is 1.52. The van der Waals surface area contributed by atoms with Gasteiger partial charge in [0.2, 0.25) is 0 Å². The molecule has 6 nitrogen and oxygen atoms in total. The van der Waals surface area contributed by atoms with Crippen LogP contribution < -0.4 is 19.3 Å². The smallest absolute Gasteiger partial charge is 0.150 e. The Morgan fingerprint density at radius 2 is 0.670 bits per heavy atom. The molecular weight excluding hydrogens is 1210 g/mol. The number of aryl methyl sites for hydroxylation is 2. The van der Waals surface area contributed by atoms with Crippen LogP contribution in [0.5, 0.6) is 23.0 Å². The molecule has 11 aromatic rings. The molecule has 0 fully saturated rings. The van der Waals surface area contributed by atoms with E-state index < -0.39 is 5.41 Å². The number of carbonyl (C=O) groups is 2. The number of fused-ring (bicyclic) bond motifs is 6. The lowest BCUT2D eigenvalue weighted by atomic mass is 9.66. The van der Waals surface area contributed by atoms with Crippen LogP contribution in [0.1, 0.15) is 118 Å². The monoisotopic (exact) mass is 1280 g/mol. The first-order valence-electron chi connectivity index (χ1n) is 30.4. The van der Waals surface area contributed by atoms with Crippen LogP contribution in [0, 0.1) is 13.8 Å². The number of hydrogen-bond acceptors (Lipinski definition) is 6. The summed E-state index contributed by atoms with van der Waals surface area (Å²) in [4.78, 5) is 27.6. The zero-order valence-electron chi connectivity index (χ0n) is 49.8. The molecule has 8 heteroatoms. The molecule has 434 valence electrons. The number of nitrogens with zero attached hydrogens (tertiary/aromatic N) is 2. The van der Waals surface area contributed by atoms with Gasteiger partial charge in [0.15, 0.2) is 0 Å². The molecule has 0 amide bonds. The van der Waals surface area contributed by atoms with E-state index in [1.807, 2.05) is 72.8 Å². The molecule has 0 saturated carbocycles. The van der Waals surface area contributed by atoms with E-state index in [1.54, 1.807) is 0 Å². The fourth-order valence-electron chi connectivity index (χ4n) is 13.5. The van der Waals surface area contributed by atoms with Crippen molar-refractivity contribution in [1.82, 2.24) is 0 Å². The first-order chi connectivity index (χ1) is 43.0. The zero-order chi connectivity index (χ0) is 60.5. The topological polar surface area (TPSA) is 59.1 Å².